The first-order valence-corrected chi connectivity index (χ1v) is 7.83. The largest absolute Gasteiger partial charge is 0.351 e. The summed E-state index contributed by atoms with van der Waals surface area (Å²) in [6.07, 6.45) is 4.47. The van der Waals surface area contributed by atoms with E-state index >= 15 is 0 Å². The first-order chi connectivity index (χ1) is 8.84. The number of guanidine groups is 1. The highest BCUT2D eigenvalue weighted by atomic mass is 32.2. The number of amides is 2. The van der Waals surface area contributed by atoms with Crippen LogP contribution in [0.2, 0.25) is 0 Å². The smallest absolute Gasteiger partial charge is 0.348 e. The Kier molecular flexibility index (Phi) is 3.71. The zero-order valence-corrected chi connectivity index (χ0v) is 12.4. The average Bonchev–Trinajstić information content (AvgIpc) is 2.34. The third-order valence-corrected chi connectivity index (χ3v) is 4.87. The third-order valence-electron chi connectivity index (χ3n) is 3.53. The predicted molar refractivity (Wildman–Crippen MR) is 71.9 cm³/mol. The van der Waals surface area contributed by atoms with Crippen LogP contribution in [-0.2, 0) is 10.2 Å². The monoisotopic (exact) mass is 288 g/mol. The molecule has 1 saturated carbocycles. The van der Waals surface area contributed by atoms with E-state index in [9.17, 15) is 13.2 Å². The summed E-state index contributed by atoms with van der Waals surface area (Å²) in [6.45, 7) is 0. The number of carbonyl (C=O) groups excluding carboxylic acids is 1. The van der Waals surface area contributed by atoms with Crippen LogP contribution in [0.25, 0.3) is 0 Å². The van der Waals surface area contributed by atoms with Gasteiger partial charge in [-0.3, -0.25) is 4.90 Å². The van der Waals surface area contributed by atoms with Crippen LogP contribution < -0.4 is 0 Å². The molecular weight excluding hydrogens is 268 g/mol. The molecule has 0 N–H and O–H groups in total. The van der Waals surface area contributed by atoms with Crippen LogP contribution in [0.5, 0.6) is 0 Å². The molecule has 0 spiro atoms. The fourth-order valence-corrected chi connectivity index (χ4v) is 4.07. The van der Waals surface area contributed by atoms with Gasteiger partial charge in [0.05, 0.1) is 6.04 Å². The molecule has 0 aromatic rings. The van der Waals surface area contributed by atoms with E-state index in [1.807, 2.05) is 0 Å². The Morgan fingerprint density at radius 2 is 1.79 bits per heavy atom. The molecule has 2 rings (SSSR count). The van der Waals surface area contributed by atoms with Gasteiger partial charge in [-0.15, -0.1) is 4.40 Å². The Morgan fingerprint density at radius 1 is 1.21 bits per heavy atom. The number of rotatable bonds is 1. The summed E-state index contributed by atoms with van der Waals surface area (Å²) in [6, 6.07) is -0.758. The quantitative estimate of drug-likeness (QED) is 0.717. The number of nitrogens with zero attached hydrogens (tertiary/aromatic N) is 4. The maximum atomic E-state index is 12.3. The summed E-state index contributed by atoms with van der Waals surface area (Å²) in [5.41, 5.74) is 0. The third kappa shape index (κ3) is 2.54. The van der Waals surface area contributed by atoms with E-state index in [0.29, 0.717) is 0 Å². The van der Waals surface area contributed by atoms with Gasteiger partial charge < -0.3 is 4.90 Å². The molecule has 108 valence electrons. The molecular formula is C11H20N4O3S. The first-order valence-electron chi connectivity index (χ1n) is 6.44. The molecule has 0 atom stereocenters. The zero-order valence-electron chi connectivity index (χ0n) is 11.5. The van der Waals surface area contributed by atoms with Crippen molar-refractivity contribution in [2.24, 2.45) is 4.40 Å². The molecule has 0 bridgehead atoms. The second-order valence-electron chi connectivity index (χ2n) is 5.19. The maximum absolute atomic E-state index is 12.3. The van der Waals surface area contributed by atoms with Crippen LogP contribution in [0, 0.1) is 0 Å². The summed E-state index contributed by atoms with van der Waals surface area (Å²) in [5, 5.41) is 0. The summed E-state index contributed by atoms with van der Waals surface area (Å²) < 4.78 is 29.1. The van der Waals surface area contributed by atoms with E-state index in [0.717, 1.165) is 36.4 Å². The second kappa shape index (κ2) is 4.99. The van der Waals surface area contributed by atoms with Crippen LogP contribution in [0.15, 0.2) is 4.40 Å². The van der Waals surface area contributed by atoms with Gasteiger partial charge in [0.2, 0.25) is 5.96 Å². The molecule has 1 aliphatic heterocycles. The molecule has 1 heterocycles. The molecule has 1 fully saturated rings. The van der Waals surface area contributed by atoms with Gasteiger partial charge >= 0.3 is 16.2 Å². The molecule has 1 aliphatic carbocycles. The lowest BCUT2D eigenvalue weighted by Crippen LogP contribution is -2.57. The minimum absolute atomic E-state index is 0.150. The Morgan fingerprint density at radius 3 is 2.32 bits per heavy atom. The van der Waals surface area contributed by atoms with Crippen LogP contribution in [0.1, 0.15) is 32.1 Å². The minimum Gasteiger partial charge on any atom is -0.348 e. The Balaban J connectivity index is 2.37. The van der Waals surface area contributed by atoms with Crippen molar-refractivity contribution in [1.29, 1.82) is 0 Å². The van der Waals surface area contributed by atoms with Gasteiger partial charge in [-0.25, -0.2) is 4.79 Å². The molecule has 7 nitrogen and oxygen atoms in total. The topological polar surface area (TPSA) is 73.3 Å². The highest BCUT2D eigenvalue weighted by Crippen LogP contribution is 2.28. The van der Waals surface area contributed by atoms with Gasteiger partial charge in [0.1, 0.15) is 0 Å². The van der Waals surface area contributed by atoms with E-state index in [1.54, 1.807) is 21.1 Å². The summed E-state index contributed by atoms with van der Waals surface area (Å²) in [5.74, 6) is 0.150. The van der Waals surface area contributed by atoms with Crippen molar-refractivity contribution in [2.75, 3.05) is 21.1 Å². The van der Waals surface area contributed by atoms with Crippen LogP contribution in [0.3, 0.4) is 0 Å². The molecule has 8 heteroatoms. The van der Waals surface area contributed by atoms with Gasteiger partial charge in [0.25, 0.3) is 0 Å². The van der Waals surface area contributed by atoms with Gasteiger partial charge in [-0.05, 0) is 12.8 Å². The lowest BCUT2D eigenvalue weighted by atomic mass is 9.96. The van der Waals surface area contributed by atoms with Gasteiger partial charge in [-0.2, -0.15) is 12.7 Å². The Labute approximate surface area is 114 Å². The first kappa shape index (κ1) is 14.1. The summed E-state index contributed by atoms with van der Waals surface area (Å²) in [4.78, 5) is 15.1. The number of hydrogen-bond acceptors (Lipinski definition) is 4. The lowest BCUT2D eigenvalue weighted by molar-refractivity contribution is 0.179. The fourth-order valence-electron chi connectivity index (χ4n) is 2.58. The van der Waals surface area contributed by atoms with Crippen molar-refractivity contribution in [1.82, 2.24) is 14.1 Å². The van der Waals surface area contributed by atoms with Crippen LogP contribution in [-0.4, -0.2) is 61.7 Å². The van der Waals surface area contributed by atoms with Gasteiger partial charge in [-0.1, -0.05) is 19.3 Å². The van der Waals surface area contributed by atoms with Crippen molar-refractivity contribution in [2.45, 2.75) is 38.1 Å². The molecule has 0 radical (unpaired) electrons. The lowest BCUT2D eigenvalue weighted by Gasteiger charge is -2.38. The van der Waals surface area contributed by atoms with Gasteiger partial charge in [0.15, 0.2) is 0 Å². The van der Waals surface area contributed by atoms with Crippen LogP contribution >= 0.6 is 0 Å². The number of carbonyl (C=O) groups is 1. The zero-order chi connectivity index (χ0) is 14.2. The molecule has 19 heavy (non-hydrogen) atoms. The molecule has 0 aromatic carbocycles. The minimum atomic E-state index is -3.91. The number of urea groups is 1. The second-order valence-corrected chi connectivity index (χ2v) is 6.66. The predicted octanol–water partition coefficient (Wildman–Crippen LogP) is 0.849. The van der Waals surface area contributed by atoms with E-state index in [2.05, 4.69) is 4.40 Å². The van der Waals surface area contributed by atoms with E-state index in [1.165, 1.54) is 9.80 Å². The molecule has 0 aromatic heterocycles. The summed E-state index contributed by atoms with van der Waals surface area (Å²) in [7, 11) is 0.958. The van der Waals surface area contributed by atoms with Crippen LogP contribution in [0.4, 0.5) is 4.79 Å². The van der Waals surface area contributed by atoms with E-state index in [-0.39, 0.29) is 12.0 Å². The van der Waals surface area contributed by atoms with E-state index in [4.69, 9.17) is 0 Å². The molecule has 2 amide bonds. The molecule has 2 aliphatic rings. The average molecular weight is 288 g/mol. The maximum Gasteiger partial charge on any atom is 0.351 e. The van der Waals surface area contributed by atoms with Crippen molar-refractivity contribution in [3.05, 3.63) is 0 Å². The summed E-state index contributed by atoms with van der Waals surface area (Å²) >= 11 is 0. The molecule has 0 saturated heterocycles. The Hall–Kier alpha value is -1.31. The molecule has 0 unspecified atom stereocenters. The Bertz CT molecular complexity index is 494. The van der Waals surface area contributed by atoms with Crippen molar-refractivity contribution >= 4 is 22.2 Å². The fraction of sp³-hybridized carbons (Fsp3) is 0.818. The van der Waals surface area contributed by atoms with E-state index < -0.39 is 16.2 Å². The normalized spacial score (nSPS) is 24.4. The van der Waals surface area contributed by atoms with Crippen molar-refractivity contribution in [3.8, 4) is 0 Å². The standard InChI is InChI=1S/C11H20N4O3S/c1-13(2)10-12-19(17,18)15(11(16)14(10)3)9-7-5-4-6-8-9/h9H,4-8H2,1-3H3. The highest BCUT2D eigenvalue weighted by molar-refractivity contribution is 7.88. The van der Waals surface area contributed by atoms with Crippen molar-refractivity contribution in [3.63, 3.8) is 0 Å². The van der Waals surface area contributed by atoms with Crippen molar-refractivity contribution < 1.29 is 13.2 Å². The highest BCUT2D eigenvalue weighted by Gasteiger charge is 2.42. The number of hydrogen-bond donors (Lipinski definition) is 0. The van der Waals surface area contributed by atoms with Gasteiger partial charge in [0, 0.05) is 21.1 Å². The SMILES string of the molecule is CN(C)C1=NS(=O)(=O)N(C2CCCCC2)C(=O)N1C.